The summed E-state index contributed by atoms with van der Waals surface area (Å²) in [6.07, 6.45) is 0.960. The molecular weight excluding hydrogens is 371 g/mol. The molecule has 1 amide bonds. The smallest absolute Gasteiger partial charge is 0.226 e. The fraction of sp³-hybridized carbons (Fsp3) is 0.188. The van der Waals surface area contributed by atoms with Crippen molar-refractivity contribution in [1.29, 1.82) is 0 Å². The van der Waals surface area contributed by atoms with E-state index in [1.54, 1.807) is 48.5 Å². The number of carbonyl (C=O) groups excluding carboxylic acids is 1. The van der Waals surface area contributed by atoms with Crippen LogP contribution in [0.4, 0.5) is 5.69 Å². The fourth-order valence-electron chi connectivity index (χ4n) is 2.13. The maximum atomic E-state index is 12.3. The molecule has 0 aliphatic heterocycles. The molecule has 24 heavy (non-hydrogen) atoms. The molecule has 128 valence electrons. The molecule has 0 radical (unpaired) electrons. The summed E-state index contributed by atoms with van der Waals surface area (Å²) < 4.78 is 25.6. The lowest BCUT2D eigenvalue weighted by Crippen LogP contribution is -2.30. The maximum absolute atomic E-state index is 12.3. The quantitative estimate of drug-likeness (QED) is 0.795. The summed E-state index contributed by atoms with van der Waals surface area (Å²) in [7, 11) is -3.50. The van der Waals surface area contributed by atoms with E-state index in [0.717, 1.165) is 6.26 Å². The van der Waals surface area contributed by atoms with Crippen molar-refractivity contribution in [3.63, 3.8) is 0 Å². The van der Waals surface area contributed by atoms with Gasteiger partial charge in [0, 0.05) is 11.4 Å². The molecule has 2 aromatic rings. The minimum atomic E-state index is -3.50. The van der Waals surface area contributed by atoms with Crippen molar-refractivity contribution in [2.75, 3.05) is 11.6 Å². The molecule has 0 saturated heterocycles. The SMILES string of the molecule is CS(=O)(=O)N[C@H](CC(=O)Nc1ccccc1Cl)c1ccc(Cl)cc1. The van der Waals surface area contributed by atoms with E-state index in [1.165, 1.54) is 0 Å². The monoisotopic (exact) mass is 386 g/mol. The zero-order valence-electron chi connectivity index (χ0n) is 12.8. The third-order valence-corrected chi connectivity index (χ3v) is 4.46. The maximum Gasteiger partial charge on any atom is 0.226 e. The minimum absolute atomic E-state index is 0.0834. The van der Waals surface area contributed by atoms with Crippen molar-refractivity contribution in [1.82, 2.24) is 4.72 Å². The number of nitrogens with one attached hydrogen (secondary N) is 2. The lowest BCUT2D eigenvalue weighted by Gasteiger charge is -2.18. The van der Waals surface area contributed by atoms with Gasteiger partial charge in [-0.25, -0.2) is 13.1 Å². The zero-order valence-corrected chi connectivity index (χ0v) is 15.1. The van der Waals surface area contributed by atoms with Gasteiger partial charge in [0.25, 0.3) is 0 Å². The summed E-state index contributed by atoms with van der Waals surface area (Å²) in [5, 5.41) is 3.61. The number of amides is 1. The molecule has 0 saturated carbocycles. The van der Waals surface area contributed by atoms with Crippen LogP contribution in [-0.2, 0) is 14.8 Å². The summed E-state index contributed by atoms with van der Waals surface area (Å²) in [4.78, 5) is 12.3. The van der Waals surface area contributed by atoms with Crippen LogP contribution in [0.3, 0.4) is 0 Å². The third-order valence-electron chi connectivity index (χ3n) is 3.17. The first kappa shape index (κ1) is 18.7. The third kappa shape index (κ3) is 5.79. The van der Waals surface area contributed by atoms with Gasteiger partial charge >= 0.3 is 0 Å². The number of para-hydroxylation sites is 1. The number of rotatable bonds is 6. The largest absolute Gasteiger partial charge is 0.325 e. The highest BCUT2D eigenvalue weighted by molar-refractivity contribution is 7.88. The van der Waals surface area contributed by atoms with Gasteiger partial charge in [-0.05, 0) is 29.8 Å². The van der Waals surface area contributed by atoms with Crippen LogP contribution >= 0.6 is 23.2 Å². The molecule has 5 nitrogen and oxygen atoms in total. The molecule has 0 aliphatic rings. The van der Waals surface area contributed by atoms with Crippen molar-refractivity contribution in [3.05, 3.63) is 64.1 Å². The van der Waals surface area contributed by atoms with Gasteiger partial charge in [0.05, 0.1) is 23.0 Å². The Morgan fingerprint density at radius 3 is 2.29 bits per heavy atom. The average molecular weight is 387 g/mol. The van der Waals surface area contributed by atoms with E-state index in [-0.39, 0.29) is 12.3 Å². The van der Waals surface area contributed by atoms with Gasteiger partial charge in [-0.1, -0.05) is 47.5 Å². The molecule has 0 heterocycles. The van der Waals surface area contributed by atoms with Gasteiger partial charge in [0.2, 0.25) is 15.9 Å². The zero-order chi connectivity index (χ0) is 17.7. The van der Waals surface area contributed by atoms with Crippen LogP contribution < -0.4 is 10.0 Å². The van der Waals surface area contributed by atoms with Crippen LogP contribution in [0, 0.1) is 0 Å². The Bertz CT molecular complexity index is 823. The fourth-order valence-corrected chi connectivity index (χ4v) is 3.18. The molecule has 2 N–H and O–H groups in total. The summed E-state index contributed by atoms with van der Waals surface area (Å²) in [6, 6.07) is 12.7. The number of benzene rings is 2. The highest BCUT2D eigenvalue weighted by Crippen LogP contribution is 2.23. The van der Waals surface area contributed by atoms with Crippen molar-refractivity contribution < 1.29 is 13.2 Å². The second kappa shape index (κ2) is 7.98. The van der Waals surface area contributed by atoms with E-state index in [9.17, 15) is 13.2 Å². The van der Waals surface area contributed by atoms with Gasteiger partial charge in [0.1, 0.15) is 0 Å². The number of hydrogen-bond donors (Lipinski definition) is 2. The van der Waals surface area contributed by atoms with Gasteiger partial charge in [0.15, 0.2) is 0 Å². The number of carbonyl (C=O) groups is 1. The van der Waals surface area contributed by atoms with Gasteiger partial charge in [-0.3, -0.25) is 4.79 Å². The Morgan fingerprint density at radius 2 is 1.71 bits per heavy atom. The van der Waals surface area contributed by atoms with Crippen molar-refractivity contribution in [3.8, 4) is 0 Å². The van der Waals surface area contributed by atoms with Gasteiger partial charge in [-0.15, -0.1) is 0 Å². The molecule has 2 aromatic carbocycles. The Kier molecular flexibility index (Phi) is 6.23. The Labute approximate surface area is 151 Å². The first-order valence-corrected chi connectivity index (χ1v) is 9.66. The van der Waals surface area contributed by atoms with E-state index in [4.69, 9.17) is 23.2 Å². The van der Waals surface area contributed by atoms with Crippen LogP contribution in [0.15, 0.2) is 48.5 Å². The Balaban J connectivity index is 2.17. The molecule has 0 aromatic heterocycles. The van der Waals surface area contributed by atoms with Gasteiger partial charge < -0.3 is 5.32 Å². The summed E-state index contributed by atoms with van der Waals surface area (Å²) in [5.74, 6) is -0.362. The predicted octanol–water partition coefficient (Wildman–Crippen LogP) is 3.61. The molecule has 0 bridgehead atoms. The molecule has 0 fully saturated rings. The molecule has 0 aliphatic carbocycles. The lowest BCUT2D eigenvalue weighted by atomic mass is 10.0. The van der Waals surface area contributed by atoms with Crippen LogP contribution in [0.2, 0.25) is 10.0 Å². The normalized spacial score (nSPS) is 12.6. The number of halogens is 2. The van der Waals surface area contributed by atoms with Crippen molar-refractivity contribution in [2.24, 2.45) is 0 Å². The molecule has 1 atom stereocenters. The second-order valence-electron chi connectivity index (χ2n) is 5.23. The summed E-state index contributed by atoms with van der Waals surface area (Å²) >= 11 is 11.9. The molecule has 8 heteroatoms. The van der Waals surface area contributed by atoms with E-state index in [0.29, 0.717) is 21.3 Å². The molecule has 0 unspecified atom stereocenters. The molecule has 0 spiro atoms. The Morgan fingerprint density at radius 1 is 1.08 bits per heavy atom. The predicted molar refractivity (Wildman–Crippen MR) is 96.9 cm³/mol. The highest BCUT2D eigenvalue weighted by atomic mass is 35.5. The van der Waals surface area contributed by atoms with Gasteiger partial charge in [-0.2, -0.15) is 0 Å². The first-order valence-electron chi connectivity index (χ1n) is 7.02. The lowest BCUT2D eigenvalue weighted by molar-refractivity contribution is -0.116. The standard InChI is InChI=1S/C16H16Cl2N2O3S/c1-24(22,23)20-15(11-6-8-12(17)9-7-11)10-16(21)19-14-5-3-2-4-13(14)18/h2-9,15,20H,10H2,1H3,(H,19,21)/t15-/m1/s1. The van der Waals surface area contributed by atoms with E-state index in [1.807, 2.05) is 0 Å². The Hall–Kier alpha value is -1.60. The number of anilines is 1. The topological polar surface area (TPSA) is 75.3 Å². The van der Waals surface area contributed by atoms with Crippen LogP contribution in [-0.4, -0.2) is 20.6 Å². The van der Waals surface area contributed by atoms with E-state index < -0.39 is 16.1 Å². The number of hydrogen-bond acceptors (Lipinski definition) is 3. The van der Waals surface area contributed by atoms with Crippen LogP contribution in [0.1, 0.15) is 18.0 Å². The van der Waals surface area contributed by atoms with E-state index in [2.05, 4.69) is 10.0 Å². The molecular formula is C16H16Cl2N2O3S. The van der Waals surface area contributed by atoms with Crippen molar-refractivity contribution in [2.45, 2.75) is 12.5 Å². The minimum Gasteiger partial charge on any atom is -0.325 e. The van der Waals surface area contributed by atoms with Crippen LogP contribution in [0.25, 0.3) is 0 Å². The first-order chi connectivity index (χ1) is 11.2. The average Bonchev–Trinajstić information content (AvgIpc) is 2.48. The molecule has 2 rings (SSSR count). The van der Waals surface area contributed by atoms with Crippen molar-refractivity contribution >= 4 is 44.8 Å². The highest BCUT2D eigenvalue weighted by Gasteiger charge is 2.20. The summed E-state index contributed by atoms with van der Waals surface area (Å²) in [5.41, 5.74) is 1.11. The van der Waals surface area contributed by atoms with Crippen LogP contribution in [0.5, 0.6) is 0 Å². The van der Waals surface area contributed by atoms with E-state index >= 15 is 0 Å². The second-order valence-corrected chi connectivity index (χ2v) is 7.85. The summed E-state index contributed by atoms with van der Waals surface area (Å²) in [6.45, 7) is 0. The number of sulfonamides is 1.